The molecule has 1 aromatic carbocycles. The molecule has 1 heterocycles. The van der Waals surface area contributed by atoms with Gasteiger partial charge in [-0.05, 0) is 12.1 Å². The second-order valence-electron chi connectivity index (χ2n) is 4.94. The predicted molar refractivity (Wildman–Crippen MR) is 65.7 cm³/mol. The highest BCUT2D eigenvalue weighted by Crippen LogP contribution is 2.25. The lowest BCUT2D eigenvalue weighted by atomic mass is 10.1. The van der Waals surface area contributed by atoms with Crippen molar-refractivity contribution in [1.82, 2.24) is 4.90 Å². The molecule has 1 fully saturated rings. The van der Waals surface area contributed by atoms with E-state index in [1.807, 2.05) is 0 Å². The molecule has 22 heavy (non-hydrogen) atoms. The van der Waals surface area contributed by atoms with Crippen LogP contribution in [0.15, 0.2) is 18.2 Å². The van der Waals surface area contributed by atoms with E-state index >= 15 is 0 Å². The maximum atomic E-state index is 13.0. The zero-order valence-electron chi connectivity index (χ0n) is 11.1. The smallest absolute Gasteiger partial charge is 0.333 e. The van der Waals surface area contributed by atoms with Crippen LogP contribution < -0.4 is 5.32 Å². The lowest BCUT2D eigenvalue weighted by Gasteiger charge is -2.18. The molecule has 1 aromatic rings. The number of nitrogens with one attached hydrogen (secondary N) is 1. The van der Waals surface area contributed by atoms with Crippen molar-refractivity contribution in [2.45, 2.75) is 12.6 Å². The van der Waals surface area contributed by atoms with Crippen LogP contribution in [0, 0.1) is 17.6 Å². The average molecular weight is 322 g/mol. The fourth-order valence-electron chi connectivity index (χ4n) is 2.19. The second kappa shape index (κ2) is 5.90. The van der Waals surface area contributed by atoms with E-state index in [2.05, 4.69) is 5.32 Å². The summed E-state index contributed by atoms with van der Waals surface area (Å²) in [6, 6.07) is 2.34. The minimum Gasteiger partial charge on any atom is -0.333 e. The van der Waals surface area contributed by atoms with Gasteiger partial charge in [0.1, 0.15) is 18.2 Å². The Morgan fingerprint density at radius 1 is 1.23 bits per heavy atom. The molecule has 0 radical (unpaired) electrons. The average Bonchev–Trinajstić information content (AvgIpc) is 2.67. The van der Waals surface area contributed by atoms with Crippen molar-refractivity contribution >= 4 is 17.5 Å². The van der Waals surface area contributed by atoms with Crippen LogP contribution in [-0.2, 0) is 9.59 Å². The number of hydrogen-bond acceptors (Lipinski definition) is 2. The number of rotatable bonds is 3. The summed E-state index contributed by atoms with van der Waals surface area (Å²) in [5, 5.41) is 2.19. The molecule has 1 N–H and O–H groups in total. The van der Waals surface area contributed by atoms with Crippen LogP contribution >= 0.6 is 0 Å². The van der Waals surface area contributed by atoms with Crippen molar-refractivity contribution in [2.75, 3.05) is 18.4 Å². The molecule has 2 amide bonds. The fraction of sp³-hybridized carbons (Fsp3) is 0.385. The third kappa shape index (κ3) is 4.15. The molecule has 0 saturated carbocycles. The lowest BCUT2D eigenvalue weighted by molar-refractivity contribution is -0.157. The molecule has 9 heteroatoms. The molecular weight excluding hydrogens is 311 g/mol. The van der Waals surface area contributed by atoms with Crippen LogP contribution in [0.1, 0.15) is 6.42 Å². The highest BCUT2D eigenvalue weighted by molar-refractivity contribution is 5.97. The SMILES string of the molecule is O=C(Nc1cc(F)cc(F)c1)[C@@H]1CC(=O)N(CC(F)(F)F)C1. The third-order valence-electron chi connectivity index (χ3n) is 3.09. The van der Waals surface area contributed by atoms with Gasteiger partial charge >= 0.3 is 6.18 Å². The first kappa shape index (κ1) is 16.2. The van der Waals surface area contributed by atoms with Crippen LogP contribution in [-0.4, -0.2) is 36.0 Å². The Morgan fingerprint density at radius 3 is 2.36 bits per heavy atom. The number of likely N-dealkylation sites (tertiary alicyclic amines) is 1. The van der Waals surface area contributed by atoms with E-state index in [4.69, 9.17) is 0 Å². The fourth-order valence-corrected chi connectivity index (χ4v) is 2.19. The van der Waals surface area contributed by atoms with E-state index in [0.717, 1.165) is 12.1 Å². The quantitative estimate of drug-likeness (QED) is 0.868. The maximum absolute atomic E-state index is 13.0. The third-order valence-corrected chi connectivity index (χ3v) is 3.09. The van der Waals surface area contributed by atoms with E-state index in [9.17, 15) is 31.5 Å². The highest BCUT2D eigenvalue weighted by atomic mass is 19.4. The van der Waals surface area contributed by atoms with Gasteiger partial charge < -0.3 is 10.2 Å². The van der Waals surface area contributed by atoms with Crippen LogP contribution in [0.5, 0.6) is 0 Å². The van der Waals surface area contributed by atoms with Crippen molar-refractivity contribution < 1.29 is 31.5 Å². The summed E-state index contributed by atoms with van der Waals surface area (Å²) in [7, 11) is 0. The molecule has 0 bridgehead atoms. The molecule has 2 rings (SSSR count). The Morgan fingerprint density at radius 2 is 1.82 bits per heavy atom. The number of anilines is 1. The maximum Gasteiger partial charge on any atom is 0.406 e. The molecule has 4 nitrogen and oxygen atoms in total. The summed E-state index contributed by atoms with van der Waals surface area (Å²) in [5.74, 6) is -4.36. The van der Waals surface area contributed by atoms with E-state index < -0.39 is 42.1 Å². The van der Waals surface area contributed by atoms with Crippen molar-refractivity contribution in [1.29, 1.82) is 0 Å². The monoisotopic (exact) mass is 322 g/mol. The first-order valence-electron chi connectivity index (χ1n) is 6.25. The summed E-state index contributed by atoms with van der Waals surface area (Å²) < 4.78 is 62.8. The van der Waals surface area contributed by atoms with E-state index in [0.29, 0.717) is 11.0 Å². The molecule has 1 atom stereocenters. The van der Waals surface area contributed by atoms with Crippen LogP contribution in [0.25, 0.3) is 0 Å². The van der Waals surface area contributed by atoms with E-state index in [-0.39, 0.29) is 18.7 Å². The minimum atomic E-state index is -4.55. The molecule has 0 aromatic heterocycles. The Kier molecular flexibility index (Phi) is 4.34. The Labute approximate surface area is 121 Å². The van der Waals surface area contributed by atoms with Crippen LogP contribution in [0.4, 0.5) is 27.6 Å². The predicted octanol–water partition coefficient (Wildman–Crippen LogP) is 2.31. The normalized spacial score (nSPS) is 18.7. The standard InChI is InChI=1S/C13H11F5N2O2/c14-8-2-9(15)4-10(3-8)19-12(22)7-1-11(21)20(5-7)6-13(16,17)18/h2-4,7H,1,5-6H2,(H,19,22)/t7-/m1/s1. The molecule has 120 valence electrons. The number of hydrogen-bond donors (Lipinski definition) is 1. The zero-order chi connectivity index (χ0) is 16.5. The van der Waals surface area contributed by atoms with E-state index in [1.165, 1.54) is 0 Å². The highest BCUT2D eigenvalue weighted by Gasteiger charge is 2.40. The molecule has 1 saturated heterocycles. The molecule has 1 aliphatic rings. The summed E-state index contributed by atoms with van der Waals surface area (Å²) >= 11 is 0. The van der Waals surface area contributed by atoms with Gasteiger partial charge in [-0.1, -0.05) is 0 Å². The molecule has 0 aliphatic carbocycles. The Bertz CT molecular complexity index is 582. The van der Waals surface area contributed by atoms with Gasteiger partial charge in [-0.25, -0.2) is 8.78 Å². The molecular formula is C13H11F5N2O2. The molecule has 0 unspecified atom stereocenters. The van der Waals surface area contributed by atoms with Gasteiger partial charge in [-0.3, -0.25) is 9.59 Å². The van der Waals surface area contributed by atoms with Gasteiger partial charge in [-0.15, -0.1) is 0 Å². The number of alkyl halides is 3. The van der Waals surface area contributed by atoms with Gasteiger partial charge in [0.05, 0.1) is 5.92 Å². The van der Waals surface area contributed by atoms with Crippen molar-refractivity contribution in [3.63, 3.8) is 0 Å². The number of carbonyl (C=O) groups excluding carboxylic acids is 2. The van der Waals surface area contributed by atoms with Crippen LogP contribution in [0.2, 0.25) is 0 Å². The number of benzene rings is 1. The first-order valence-corrected chi connectivity index (χ1v) is 6.25. The van der Waals surface area contributed by atoms with Crippen molar-refractivity contribution in [3.8, 4) is 0 Å². The topological polar surface area (TPSA) is 49.4 Å². The zero-order valence-corrected chi connectivity index (χ0v) is 11.1. The van der Waals surface area contributed by atoms with Crippen LogP contribution in [0.3, 0.4) is 0 Å². The minimum absolute atomic E-state index is 0.163. The van der Waals surface area contributed by atoms with E-state index in [1.54, 1.807) is 0 Å². The first-order chi connectivity index (χ1) is 10.1. The van der Waals surface area contributed by atoms with Gasteiger partial charge in [0.25, 0.3) is 0 Å². The summed E-state index contributed by atoms with van der Waals surface area (Å²) in [5.41, 5.74) is -0.163. The summed E-state index contributed by atoms with van der Waals surface area (Å²) in [6.07, 6.45) is -4.92. The van der Waals surface area contributed by atoms with Gasteiger partial charge in [0, 0.05) is 24.7 Å². The number of halogens is 5. The Hall–Kier alpha value is -2.19. The number of amides is 2. The van der Waals surface area contributed by atoms with Gasteiger partial charge in [0.15, 0.2) is 0 Å². The second-order valence-corrected chi connectivity index (χ2v) is 4.94. The lowest BCUT2D eigenvalue weighted by Crippen LogP contribution is -2.36. The molecule has 0 spiro atoms. The summed E-state index contributed by atoms with van der Waals surface area (Å²) in [4.78, 5) is 23.9. The molecule has 1 aliphatic heterocycles. The van der Waals surface area contributed by atoms with Gasteiger partial charge in [0.2, 0.25) is 11.8 Å². The largest absolute Gasteiger partial charge is 0.406 e. The summed E-state index contributed by atoms with van der Waals surface area (Å²) in [6.45, 7) is -1.81. The van der Waals surface area contributed by atoms with Crippen molar-refractivity contribution in [3.05, 3.63) is 29.8 Å². The number of nitrogens with zero attached hydrogens (tertiary/aromatic N) is 1. The van der Waals surface area contributed by atoms with Crippen molar-refractivity contribution in [2.24, 2.45) is 5.92 Å². The number of carbonyl (C=O) groups is 2. The van der Waals surface area contributed by atoms with Gasteiger partial charge in [-0.2, -0.15) is 13.2 Å². The Balaban J connectivity index is 2.00.